The van der Waals surface area contributed by atoms with Gasteiger partial charge in [0.05, 0.1) is 13.2 Å². The van der Waals surface area contributed by atoms with Crippen LogP contribution in [0, 0.1) is 0 Å². The summed E-state index contributed by atoms with van der Waals surface area (Å²) >= 11 is 0. The van der Waals surface area contributed by atoms with Crippen molar-refractivity contribution in [2.75, 3.05) is 26.2 Å². The van der Waals surface area contributed by atoms with Gasteiger partial charge in [-0.3, -0.25) is 9.91 Å². The topological polar surface area (TPSA) is 65.1 Å². The molecule has 1 aliphatic rings. The number of aliphatic hydroxyl groups is 1. The van der Waals surface area contributed by atoms with Crippen LogP contribution in [-0.4, -0.2) is 52.6 Å². The fourth-order valence-corrected chi connectivity index (χ4v) is 1.90. The van der Waals surface area contributed by atoms with Crippen molar-refractivity contribution in [3.63, 3.8) is 0 Å². The van der Waals surface area contributed by atoms with E-state index in [0.29, 0.717) is 5.69 Å². The third-order valence-corrected chi connectivity index (χ3v) is 2.78. The van der Waals surface area contributed by atoms with Gasteiger partial charge in [-0.05, 0) is 6.92 Å². The van der Waals surface area contributed by atoms with Gasteiger partial charge in [-0.1, -0.05) is 5.16 Å². The number of aromatic nitrogens is 1. The van der Waals surface area contributed by atoms with Crippen LogP contribution in [0.3, 0.4) is 0 Å². The summed E-state index contributed by atoms with van der Waals surface area (Å²) in [5.41, 5.74) is 0.592. The van der Waals surface area contributed by atoms with Crippen LogP contribution in [0.2, 0.25) is 0 Å². The molecule has 2 heterocycles. The molecule has 1 saturated heterocycles. The molecule has 1 aromatic heterocycles. The highest BCUT2D eigenvalue weighted by Crippen LogP contribution is 2.10. The second kappa shape index (κ2) is 5.79. The molecule has 0 spiro atoms. The van der Waals surface area contributed by atoms with Crippen LogP contribution in [0.4, 0.5) is 0 Å². The fraction of sp³-hybridized carbons (Fsp3) is 0.636. The molecule has 0 aliphatic carbocycles. The van der Waals surface area contributed by atoms with E-state index in [1.165, 1.54) is 0 Å². The SMILES string of the molecule is C/C=N\N1CCN(Cc2cc(CO)no2)CC1. The minimum absolute atomic E-state index is 0.0670. The molecule has 0 atom stereocenters. The second-order valence-electron chi connectivity index (χ2n) is 4.05. The smallest absolute Gasteiger partial charge is 0.151 e. The van der Waals surface area contributed by atoms with Gasteiger partial charge >= 0.3 is 0 Å². The standard InChI is InChI=1S/C11H18N4O2/c1-2-12-15-5-3-14(4-6-15)8-11-7-10(9-16)13-17-11/h2,7,16H,3-6,8-9H2,1H3/b12-2-. The highest BCUT2D eigenvalue weighted by molar-refractivity contribution is 5.52. The van der Waals surface area contributed by atoms with Crippen LogP contribution in [-0.2, 0) is 13.2 Å². The van der Waals surface area contributed by atoms with Crippen LogP contribution in [0.1, 0.15) is 18.4 Å². The molecule has 6 heteroatoms. The molecule has 1 fully saturated rings. The quantitative estimate of drug-likeness (QED) is 0.764. The monoisotopic (exact) mass is 238 g/mol. The maximum Gasteiger partial charge on any atom is 0.151 e. The third-order valence-electron chi connectivity index (χ3n) is 2.78. The van der Waals surface area contributed by atoms with Crippen LogP contribution < -0.4 is 0 Å². The predicted octanol–water partition coefficient (Wildman–Crippen LogP) is 0.290. The Morgan fingerprint density at radius 2 is 2.24 bits per heavy atom. The molecule has 0 radical (unpaired) electrons. The molecule has 0 aromatic carbocycles. The Morgan fingerprint density at radius 1 is 1.47 bits per heavy atom. The molecule has 0 bridgehead atoms. The Kier molecular flexibility index (Phi) is 4.11. The molecule has 94 valence electrons. The van der Waals surface area contributed by atoms with Gasteiger partial charge in [0.15, 0.2) is 5.76 Å². The van der Waals surface area contributed by atoms with Crippen LogP contribution in [0.25, 0.3) is 0 Å². The highest BCUT2D eigenvalue weighted by atomic mass is 16.5. The summed E-state index contributed by atoms with van der Waals surface area (Å²) in [5, 5.41) is 19.0. The summed E-state index contributed by atoms with van der Waals surface area (Å²) in [7, 11) is 0. The van der Waals surface area contributed by atoms with Crippen LogP contribution in [0.15, 0.2) is 15.7 Å². The Labute approximate surface area is 100 Å². The summed E-state index contributed by atoms with van der Waals surface area (Å²) in [5.74, 6) is 0.807. The highest BCUT2D eigenvalue weighted by Gasteiger charge is 2.16. The Balaban J connectivity index is 1.81. The largest absolute Gasteiger partial charge is 0.390 e. The molecule has 6 nitrogen and oxygen atoms in total. The van der Waals surface area contributed by atoms with Gasteiger partial charge < -0.3 is 9.63 Å². The number of aliphatic hydroxyl groups excluding tert-OH is 1. The maximum atomic E-state index is 8.89. The van der Waals surface area contributed by atoms with E-state index in [9.17, 15) is 0 Å². The number of nitrogens with zero attached hydrogens (tertiary/aromatic N) is 4. The van der Waals surface area contributed by atoms with Gasteiger partial charge in [-0.15, -0.1) is 0 Å². The van der Waals surface area contributed by atoms with E-state index in [1.54, 1.807) is 6.07 Å². The lowest BCUT2D eigenvalue weighted by atomic mass is 10.3. The van der Waals surface area contributed by atoms with Crippen molar-refractivity contribution in [3.05, 3.63) is 17.5 Å². The van der Waals surface area contributed by atoms with Crippen molar-refractivity contribution in [1.29, 1.82) is 0 Å². The molecule has 0 amide bonds. The average Bonchev–Trinajstić information content (AvgIpc) is 2.80. The van der Waals surface area contributed by atoms with E-state index >= 15 is 0 Å². The van der Waals surface area contributed by atoms with Gasteiger partial charge in [0.1, 0.15) is 5.69 Å². The summed E-state index contributed by atoms with van der Waals surface area (Å²) in [6.07, 6.45) is 1.82. The lowest BCUT2D eigenvalue weighted by Crippen LogP contribution is -2.43. The number of hydrazone groups is 1. The van der Waals surface area contributed by atoms with Crippen molar-refractivity contribution in [2.24, 2.45) is 5.10 Å². The lowest BCUT2D eigenvalue weighted by molar-refractivity contribution is 0.122. The molecule has 17 heavy (non-hydrogen) atoms. The Morgan fingerprint density at radius 3 is 2.82 bits per heavy atom. The zero-order valence-corrected chi connectivity index (χ0v) is 10.0. The van der Waals surface area contributed by atoms with Crippen molar-refractivity contribution < 1.29 is 9.63 Å². The number of hydrogen-bond donors (Lipinski definition) is 1. The third kappa shape index (κ3) is 3.28. The minimum atomic E-state index is -0.0670. The molecular formula is C11H18N4O2. The first-order valence-corrected chi connectivity index (χ1v) is 5.83. The summed E-state index contributed by atoms with van der Waals surface area (Å²) in [6.45, 7) is 6.41. The fourth-order valence-electron chi connectivity index (χ4n) is 1.90. The summed E-state index contributed by atoms with van der Waals surface area (Å²) in [6, 6.07) is 1.80. The van der Waals surface area contributed by atoms with E-state index in [2.05, 4.69) is 20.2 Å². The summed E-state index contributed by atoms with van der Waals surface area (Å²) < 4.78 is 5.14. The van der Waals surface area contributed by atoms with Gasteiger partial charge in [-0.25, -0.2) is 0 Å². The van der Waals surface area contributed by atoms with Crippen molar-refractivity contribution >= 4 is 6.21 Å². The van der Waals surface area contributed by atoms with E-state index in [0.717, 1.165) is 38.5 Å². The van der Waals surface area contributed by atoms with E-state index in [4.69, 9.17) is 9.63 Å². The van der Waals surface area contributed by atoms with Gasteiger partial charge in [0.25, 0.3) is 0 Å². The molecular weight excluding hydrogens is 220 g/mol. The normalized spacial score (nSPS) is 18.1. The van der Waals surface area contributed by atoms with Crippen LogP contribution >= 0.6 is 0 Å². The second-order valence-corrected chi connectivity index (χ2v) is 4.05. The first kappa shape index (κ1) is 12.1. The Hall–Kier alpha value is -1.40. The lowest BCUT2D eigenvalue weighted by Gasteiger charge is -2.32. The van der Waals surface area contributed by atoms with E-state index in [1.807, 2.05) is 13.1 Å². The molecule has 1 N–H and O–H groups in total. The van der Waals surface area contributed by atoms with E-state index < -0.39 is 0 Å². The maximum absolute atomic E-state index is 8.89. The van der Waals surface area contributed by atoms with Gasteiger partial charge in [-0.2, -0.15) is 5.10 Å². The molecule has 0 saturated carbocycles. The molecule has 1 aliphatic heterocycles. The van der Waals surface area contributed by atoms with Crippen LogP contribution in [0.5, 0.6) is 0 Å². The minimum Gasteiger partial charge on any atom is -0.390 e. The molecule has 0 unspecified atom stereocenters. The van der Waals surface area contributed by atoms with Gasteiger partial charge in [0.2, 0.25) is 0 Å². The Bertz CT molecular complexity index is 369. The first-order chi connectivity index (χ1) is 8.31. The first-order valence-electron chi connectivity index (χ1n) is 5.83. The van der Waals surface area contributed by atoms with E-state index in [-0.39, 0.29) is 6.61 Å². The number of rotatable bonds is 4. The number of hydrogen-bond acceptors (Lipinski definition) is 6. The summed E-state index contributed by atoms with van der Waals surface area (Å²) in [4.78, 5) is 2.29. The number of piperazine rings is 1. The molecule has 2 rings (SSSR count). The van der Waals surface area contributed by atoms with Crippen molar-refractivity contribution in [1.82, 2.24) is 15.1 Å². The van der Waals surface area contributed by atoms with Gasteiger partial charge in [0, 0.05) is 38.5 Å². The zero-order chi connectivity index (χ0) is 12.1. The predicted molar refractivity (Wildman–Crippen MR) is 63.4 cm³/mol. The van der Waals surface area contributed by atoms with Crippen molar-refractivity contribution in [2.45, 2.75) is 20.1 Å². The molecule has 1 aromatic rings. The van der Waals surface area contributed by atoms with Crippen molar-refractivity contribution in [3.8, 4) is 0 Å². The average molecular weight is 238 g/mol. The zero-order valence-electron chi connectivity index (χ0n) is 10.0.